The molecule has 1 aromatic rings. The van der Waals surface area contributed by atoms with Crippen molar-refractivity contribution in [2.75, 3.05) is 0 Å². The summed E-state index contributed by atoms with van der Waals surface area (Å²) in [7, 11) is 1.96. The summed E-state index contributed by atoms with van der Waals surface area (Å²) in [6.07, 6.45) is 7.26. The molecule has 0 spiro atoms. The van der Waals surface area contributed by atoms with Crippen LogP contribution >= 0.6 is 0 Å². The van der Waals surface area contributed by atoms with Crippen LogP contribution in [0.4, 0.5) is 0 Å². The van der Waals surface area contributed by atoms with Gasteiger partial charge in [-0.15, -0.1) is 6.58 Å². The van der Waals surface area contributed by atoms with Crippen LogP contribution < -0.4 is 4.57 Å². The van der Waals surface area contributed by atoms with Gasteiger partial charge in [0.2, 0.25) is 0 Å². The van der Waals surface area contributed by atoms with Crippen LogP contribution in [0.15, 0.2) is 37.2 Å². The van der Waals surface area contributed by atoms with Gasteiger partial charge in [-0.3, -0.25) is 0 Å². The third kappa shape index (κ3) is 2.67. The Labute approximate surface area is 85.5 Å². The highest BCUT2D eigenvalue weighted by molar-refractivity contribution is 5.16. The largest absolute Gasteiger partial charge is 0.385 e. The summed E-state index contributed by atoms with van der Waals surface area (Å²) in [6, 6.07) is 3.90. The molecule has 1 rings (SSSR count). The van der Waals surface area contributed by atoms with E-state index >= 15 is 0 Å². The molecule has 0 saturated carbocycles. The minimum Gasteiger partial charge on any atom is -0.385 e. The van der Waals surface area contributed by atoms with E-state index in [0.717, 1.165) is 12.0 Å². The zero-order chi connectivity index (χ0) is 10.6. The highest BCUT2D eigenvalue weighted by Gasteiger charge is 2.22. The molecule has 2 nitrogen and oxygen atoms in total. The Balaban J connectivity index is 2.80. The Bertz CT molecular complexity index is 301. The lowest BCUT2D eigenvalue weighted by molar-refractivity contribution is -0.671. The number of allylic oxidation sites excluding steroid dienone is 1. The molecule has 1 N–H and O–H groups in total. The van der Waals surface area contributed by atoms with Crippen molar-refractivity contribution in [3.8, 4) is 0 Å². The van der Waals surface area contributed by atoms with Crippen molar-refractivity contribution >= 4 is 0 Å². The van der Waals surface area contributed by atoms with E-state index in [1.165, 1.54) is 0 Å². The predicted molar refractivity (Wildman–Crippen MR) is 56.6 cm³/mol. The van der Waals surface area contributed by atoms with E-state index in [4.69, 9.17) is 0 Å². The third-order valence-corrected chi connectivity index (χ3v) is 2.44. The van der Waals surface area contributed by atoms with E-state index in [1.807, 2.05) is 49.1 Å². The number of pyridine rings is 1. The number of rotatable bonds is 4. The van der Waals surface area contributed by atoms with Gasteiger partial charge < -0.3 is 5.11 Å². The van der Waals surface area contributed by atoms with Crippen molar-refractivity contribution < 1.29 is 9.67 Å². The fraction of sp³-hybridized carbons (Fsp3) is 0.417. The van der Waals surface area contributed by atoms with Crippen LogP contribution in [0.3, 0.4) is 0 Å². The maximum absolute atomic E-state index is 10.2. The summed E-state index contributed by atoms with van der Waals surface area (Å²) in [4.78, 5) is 0. The molecule has 0 radical (unpaired) electrons. The lowest BCUT2D eigenvalue weighted by Crippen LogP contribution is -2.28. The Morgan fingerprint density at radius 2 is 2.07 bits per heavy atom. The molecule has 0 aliphatic rings. The van der Waals surface area contributed by atoms with Crippen LogP contribution in [0.1, 0.15) is 25.3 Å². The van der Waals surface area contributed by atoms with E-state index in [2.05, 4.69) is 6.58 Å². The van der Waals surface area contributed by atoms with E-state index in [0.29, 0.717) is 6.42 Å². The number of aryl methyl sites for hydroxylation is 1. The minimum atomic E-state index is -0.748. The van der Waals surface area contributed by atoms with Gasteiger partial charge in [0.1, 0.15) is 7.05 Å². The zero-order valence-electron chi connectivity index (χ0n) is 8.90. The minimum absolute atomic E-state index is 0.713. The SMILES string of the molecule is C=CCCC(C)(O)c1cc[n+](C)cc1. The van der Waals surface area contributed by atoms with Crippen LogP contribution in [0.25, 0.3) is 0 Å². The smallest absolute Gasteiger partial charge is 0.168 e. The maximum atomic E-state index is 10.2. The summed E-state index contributed by atoms with van der Waals surface area (Å²) in [6.45, 7) is 5.50. The third-order valence-electron chi connectivity index (χ3n) is 2.44. The molecular weight excluding hydrogens is 174 g/mol. The van der Waals surface area contributed by atoms with Gasteiger partial charge in [0, 0.05) is 12.1 Å². The van der Waals surface area contributed by atoms with Crippen LogP contribution in [0, 0.1) is 0 Å². The second-order valence-electron chi connectivity index (χ2n) is 3.85. The van der Waals surface area contributed by atoms with Crippen molar-refractivity contribution in [3.63, 3.8) is 0 Å². The Morgan fingerprint density at radius 1 is 1.50 bits per heavy atom. The predicted octanol–water partition coefficient (Wildman–Crippen LogP) is 1.68. The number of hydrogen-bond donors (Lipinski definition) is 1. The van der Waals surface area contributed by atoms with Gasteiger partial charge in [0.25, 0.3) is 0 Å². The molecule has 0 bridgehead atoms. The standard InChI is InChI=1S/C12H18NO/c1-4-5-8-12(2,14)11-6-9-13(3)10-7-11/h4,6-7,9-10,14H,1,5,8H2,2-3H3/q+1. The lowest BCUT2D eigenvalue weighted by atomic mass is 9.92. The first kappa shape index (κ1) is 10.9. The molecule has 1 aromatic heterocycles. The number of aromatic nitrogens is 1. The average Bonchev–Trinajstić information content (AvgIpc) is 2.16. The molecule has 0 saturated heterocycles. The second-order valence-corrected chi connectivity index (χ2v) is 3.85. The summed E-state index contributed by atoms with van der Waals surface area (Å²) in [5.74, 6) is 0. The van der Waals surface area contributed by atoms with Crippen molar-refractivity contribution in [1.29, 1.82) is 0 Å². The summed E-state index contributed by atoms with van der Waals surface area (Å²) >= 11 is 0. The average molecular weight is 192 g/mol. The molecule has 1 heterocycles. The van der Waals surface area contributed by atoms with Crippen LogP contribution in [0.5, 0.6) is 0 Å². The molecule has 0 fully saturated rings. The fourth-order valence-corrected chi connectivity index (χ4v) is 1.39. The van der Waals surface area contributed by atoms with E-state index in [9.17, 15) is 5.11 Å². The van der Waals surface area contributed by atoms with Crippen molar-refractivity contribution in [2.24, 2.45) is 7.05 Å². The normalized spacial score (nSPS) is 14.8. The van der Waals surface area contributed by atoms with Gasteiger partial charge in [-0.05, 0) is 25.3 Å². The molecule has 0 amide bonds. The molecule has 0 aliphatic heterocycles. The van der Waals surface area contributed by atoms with Crippen LogP contribution in [-0.2, 0) is 12.6 Å². The van der Waals surface area contributed by atoms with Crippen LogP contribution in [0.2, 0.25) is 0 Å². The van der Waals surface area contributed by atoms with E-state index < -0.39 is 5.60 Å². The summed E-state index contributed by atoms with van der Waals surface area (Å²) in [5, 5.41) is 10.2. The number of nitrogens with zero attached hydrogens (tertiary/aromatic N) is 1. The Kier molecular flexibility index (Phi) is 3.42. The van der Waals surface area contributed by atoms with Gasteiger partial charge in [0.15, 0.2) is 12.4 Å². The Hall–Kier alpha value is -1.15. The fourth-order valence-electron chi connectivity index (χ4n) is 1.39. The monoisotopic (exact) mass is 192 g/mol. The van der Waals surface area contributed by atoms with Crippen molar-refractivity contribution in [3.05, 3.63) is 42.7 Å². The maximum Gasteiger partial charge on any atom is 0.168 e. The molecule has 0 aliphatic carbocycles. The first-order valence-corrected chi connectivity index (χ1v) is 4.85. The molecule has 76 valence electrons. The Morgan fingerprint density at radius 3 is 2.57 bits per heavy atom. The molecule has 14 heavy (non-hydrogen) atoms. The van der Waals surface area contributed by atoms with E-state index in [1.54, 1.807) is 0 Å². The summed E-state index contributed by atoms with van der Waals surface area (Å²) in [5.41, 5.74) is 0.208. The highest BCUT2D eigenvalue weighted by atomic mass is 16.3. The highest BCUT2D eigenvalue weighted by Crippen LogP contribution is 2.24. The van der Waals surface area contributed by atoms with Gasteiger partial charge in [0.05, 0.1) is 5.60 Å². The quantitative estimate of drug-likeness (QED) is 0.569. The van der Waals surface area contributed by atoms with Crippen LogP contribution in [-0.4, -0.2) is 5.11 Å². The topological polar surface area (TPSA) is 24.1 Å². The van der Waals surface area contributed by atoms with Gasteiger partial charge >= 0.3 is 0 Å². The first-order valence-electron chi connectivity index (χ1n) is 4.85. The zero-order valence-corrected chi connectivity index (χ0v) is 8.90. The van der Waals surface area contributed by atoms with Crippen molar-refractivity contribution in [2.45, 2.75) is 25.4 Å². The van der Waals surface area contributed by atoms with E-state index in [-0.39, 0.29) is 0 Å². The molecule has 0 aromatic carbocycles. The van der Waals surface area contributed by atoms with Crippen molar-refractivity contribution in [1.82, 2.24) is 0 Å². The lowest BCUT2D eigenvalue weighted by Gasteiger charge is -2.22. The second kappa shape index (κ2) is 4.38. The number of aliphatic hydroxyl groups is 1. The van der Waals surface area contributed by atoms with Gasteiger partial charge in [-0.2, -0.15) is 0 Å². The first-order chi connectivity index (χ1) is 6.56. The molecule has 1 unspecified atom stereocenters. The molecule has 1 atom stereocenters. The molecule has 2 heteroatoms. The number of hydrogen-bond acceptors (Lipinski definition) is 1. The molecular formula is C12H18NO+. The summed E-state index contributed by atoms with van der Waals surface area (Å²) < 4.78 is 1.95. The van der Waals surface area contributed by atoms with Gasteiger partial charge in [-0.25, -0.2) is 4.57 Å². The van der Waals surface area contributed by atoms with Gasteiger partial charge in [-0.1, -0.05) is 6.08 Å².